The number of β-amino-alcohol motifs (C(OH)–C–C–N with tert-alkyl or cyclic N) is 1. The molecule has 116 valence electrons. The van der Waals surface area contributed by atoms with E-state index in [1.54, 1.807) is 22.9 Å². The van der Waals surface area contributed by atoms with Crippen molar-refractivity contribution in [3.63, 3.8) is 0 Å². The normalized spacial score (nSPS) is 18.4. The van der Waals surface area contributed by atoms with Gasteiger partial charge in [-0.1, -0.05) is 18.2 Å². The second-order valence-corrected chi connectivity index (χ2v) is 6.47. The highest BCUT2D eigenvalue weighted by Crippen LogP contribution is 2.26. The molecule has 4 nitrogen and oxygen atoms in total. The third-order valence-electron chi connectivity index (χ3n) is 3.76. The van der Waals surface area contributed by atoms with E-state index in [1.807, 2.05) is 36.4 Å². The lowest BCUT2D eigenvalue weighted by Crippen LogP contribution is -2.42. The summed E-state index contributed by atoms with van der Waals surface area (Å²) in [5.74, 6) is 0.975. The minimum Gasteiger partial charge on any atom is -0.459 e. The fourth-order valence-corrected chi connectivity index (χ4v) is 3.50. The molecule has 1 unspecified atom stereocenters. The van der Waals surface area contributed by atoms with Crippen LogP contribution in [-0.2, 0) is 5.75 Å². The SMILES string of the molecule is O=C(c1occc1CSc1ccccc1)N1CCCC(O)C1. The Labute approximate surface area is 134 Å². The van der Waals surface area contributed by atoms with Gasteiger partial charge < -0.3 is 14.4 Å². The summed E-state index contributed by atoms with van der Waals surface area (Å²) in [5.41, 5.74) is 0.902. The molecule has 1 aromatic carbocycles. The molecule has 1 aromatic heterocycles. The Morgan fingerprint density at radius 1 is 1.32 bits per heavy atom. The first-order valence-corrected chi connectivity index (χ1v) is 8.44. The van der Waals surface area contributed by atoms with E-state index in [0.29, 0.717) is 24.6 Å². The lowest BCUT2D eigenvalue weighted by molar-refractivity contribution is 0.0447. The number of benzene rings is 1. The summed E-state index contributed by atoms with van der Waals surface area (Å²) >= 11 is 1.68. The summed E-state index contributed by atoms with van der Waals surface area (Å²) < 4.78 is 5.42. The zero-order valence-corrected chi connectivity index (χ0v) is 13.1. The van der Waals surface area contributed by atoms with Crippen LogP contribution >= 0.6 is 11.8 Å². The third kappa shape index (κ3) is 3.54. The van der Waals surface area contributed by atoms with Crippen molar-refractivity contribution in [2.45, 2.75) is 29.6 Å². The van der Waals surface area contributed by atoms with Crippen LogP contribution < -0.4 is 0 Å². The number of carbonyl (C=O) groups is 1. The molecule has 3 rings (SSSR count). The highest BCUT2D eigenvalue weighted by atomic mass is 32.2. The van der Waals surface area contributed by atoms with E-state index in [2.05, 4.69) is 0 Å². The Kier molecular flexibility index (Phi) is 4.85. The molecule has 2 heterocycles. The number of furan rings is 1. The molecule has 1 aliphatic heterocycles. The van der Waals surface area contributed by atoms with Crippen molar-refractivity contribution in [2.75, 3.05) is 13.1 Å². The molecule has 0 spiro atoms. The quantitative estimate of drug-likeness (QED) is 0.880. The number of aliphatic hydroxyl groups is 1. The van der Waals surface area contributed by atoms with Crippen LogP contribution in [0.3, 0.4) is 0 Å². The van der Waals surface area contributed by atoms with E-state index in [9.17, 15) is 9.90 Å². The first-order chi connectivity index (χ1) is 10.7. The van der Waals surface area contributed by atoms with Gasteiger partial charge in [0.25, 0.3) is 5.91 Å². The van der Waals surface area contributed by atoms with Gasteiger partial charge in [-0.3, -0.25) is 4.79 Å². The molecule has 5 heteroatoms. The minimum absolute atomic E-state index is 0.118. The van der Waals surface area contributed by atoms with Gasteiger partial charge in [-0.05, 0) is 31.0 Å². The van der Waals surface area contributed by atoms with Gasteiger partial charge in [0.05, 0.1) is 12.4 Å². The third-order valence-corrected chi connectivity index (χ3v) is 4.82. The van der Waals surface area contributed by atoms with E-state index in [4.69, 9.17) is 4.42 Å². The van der Waals surface area contributed by atoms with Gasteiger partial charge >= 0.3 is 0 Å². The fourth-order valence-electron chi connectivity index (χ4n) is 2.60. The topological polar surface area (TPSA) is 53.7 Å². The van der Waals surface area contributed by atoms with Crippen molar-refractivity contribution in [3.05, 3.63) is 54.0 Å². The average Bonchev–Trinajstić information content (AvgIpc) is 3.01. The van der Waals surface area contributed by atoms with Gasteiger partial charge in [0.15, 0.2) is 5.76 Å². The maximum atomic E-state index is 12.6. The average molecular weight is 317 g/mol. The highest BCUT2D eigenvalue weighted by molar-refractivity contribution is 7.98. The first-order valence-electron chi connectivity index (χ1n) is 7.45. The second kappa shape index (κ2) is 7.03. The van der Waals surface area contributed by atoms with Crippen LogP contribution in [0.15, 0.2) is 52.0 Å². The molecule has 0 aliphatic carbocycles. The standard InChI is InChI=1S/C17H19NO3S/c19-14-5-4-9-18(11-14)17(20)16-13(8-10-21-16)12-22-15-6-2-1-3-7-15/h1-3,6-8,10,14,19H,4-5,9,11-12H2. The molecule has 1 amide bonds. The number of nitrogens with zero attached hydrogens (tertiary/aromatic N) is 1. The molecule has 1 saturated heterocycles. The predicted octanol–water partition coefficient (Wildman–Crippen LogP) is 3.17. The number of likely N-dealkylation sites (tertiary alicyclic amines) is 1. The molecule has 2 aromatic rings. The molecule has 0 radical (unpaired) electrons. The van der Waals surface area contributed by atoms with Gasteiger partial charge in [0.2, 0.25) is 0 Å². The number of hydrogen-bond acceptors (Lipinski definition) is 4. The highest BCUT2D eigenvalue weighted by Gasteiger charge is 2.26. The van der Waals surface area contributed by atoms with Gasteiger partial charge in [0.1, 0.15) is 0 Å². The van der Waals surface area contributed by atoms with Crippen LogP contribution in [0.5, 0.6) is 0 Å². The molecule has 0 saturated carbocycles. The largest absolute Gasteiger partial charge is 0.459 e. The van der Waals surface area contributed by atoms with E-state index in [1.165, 1.54) is 0 Å². The molecule has 0 bridgehead atoms. The van der Waals surface area contributed by atoms with Crippen molar-refractivity contribution < 1.29 is 14.3 Å². The molecule has 22 heavy (non-hydrogen) atoms. The van der Waals surface area contributed by atoms with E-state index >= 15 is 0 Å². The molecular formula is C17H19NO3S. The minimum atomic E-state index is -0.421. The zero-order valence-electron chi connectivity index (χ0n) is 12.3. The second-order valence-electron chi connectivity index (χ2n) is 5.42. The fraction of sp³-hybridized carbons (Fsp3) is 0.353. The number of amides is 1. The van der Waals surface area contributed by atoms with E-state index in [0.717, 1.165) is 23.3 Å². The Hall–Kier alpha value is -1.72. The molecule has 1 fully saturated rings. The Balaban J connectivity index is 1.67. The monoisotopic (exact) mass is 317 g/mol. The first kappa shape index (κ1) is 15.2. The van der Waals surface area contributed by atoms with Crippen LogP contribution in [0.1, 0.15) is 29.0 Å². The lowest BCUT2D eigenvalue weighted by Gasteiger charge is -2.29. The Morgan fingerprint density at radius 3 is 2.91 bits per heavy atom. The number of aliphatic hydroxyl groups excluding tert-OH is 1. The number of hydrogen-bond donors (Lipinski definition) is 1. The van der Waals surface area contributed by atoms with Gasteiger partial charge in [-0.25, -0.2) is 0 Å². The summed E-state index contributed by atoms with van der Waals surface area (Å²) in [6.07, 6.45) is 2.74. The number of thioether (sulfide) groups is 1. The summed E-state index contributed by atoms with van der Waals surface area (Å²) in [6.45, 7) is 1.08. The lowest BCUT2D eigenvalue weighted by atomic mass is 10.1. The Morgan fingerprint density at radius 2 is 2.14 bits per heavy atom. The van der Waals surface area contributed by atoms with E-state index in [-0.39, 0.29) is 5.91 Å². The number of carbonyl (C=O) groups excluding carboxylic acids is 1. The van der Waals surface area contributed by atoms with Crippen LogP contribution in [0, 0.1) is 0 Å². The van der Waals surface area contributed by atoms with Crippen LogP contribution in [0.4, 0.5) is 0 Å². The maximum Gasteiger partial charge on any atom is 0.289 e. The van der Waals surface area contributed by atoms with Crippen molar-refractivity contribution in [2.24, 2.45) is 0 Å². The van der Waals surface area contributed by atoms with Gasteiger partial charge in [0, 0.05) is 29.3 Å². The van der Waals surface area contributed by atoms with Crippen molar-refractivity contribution in [1.29, 1.82) is 0 Å². The van der Waals surface area contributed by atoms with Crippen molar-refractivity contribution >= 4 is 17.7 Å². The molecule has 1 atom stereocenters. The van der Waals surface area contributed by atoms with Crippen LogP contribution in [-0.4, -0.2) is 35.1 Å². The summed E-state index contributed by atoms with van der Waals surface area (Å²) in [7, 11) is 0. The molecule has 1 aliphatic rings. The summed E-state index contributed by atoms with van der Waals surface area (Å²) in [6, 6.07) is 11.9. The van der Waals surface area contributed by atoms with E-state index < -0.39 is 6.10 Å². The predicted molar refractivity (Wildman–Crippen MR) is 85.9 cm³/mol. The smallest absolute Gasteiger partial charge is 0.289 e. The Bertz CT molecular complexity index is 626. The molecule has 1 N–H and O–H groups in total. The van der Waals surface area contributed by atoms with Crippen molar-refractivity contribution in [1.82, 2.24) is 4.90 Å². The van der Waals surface area contributed by atoms with Crippen LogP contribution in [0.25, 0.3) is 0 Å². The zero-order chi connectivity index (χ0) is 15.4. The van der Waals surface area contributed by atoms with Gasteiger partial charge in [-0.15, -0.1) is 11.8 Å². The van der Waals surface area contributed by atoms with Gasteiger partial charge in [-0.2, -0.15) is 0 Å². The van der Waals surface area contributed by atoms with Crippen molar-refractivity contribution in [3.8, 4) is 0 Å². The maximum absolute atomic E-state index is 12.6. The number of rotatable bonds is 4. The summed E-state index contributed by atoms with van der Waals surface area (Å²) in [4.78, 5) is 15.4. The van der Waals surface area contributed by atoms with Crippen LogP contribution in [0.2, 0.25) is 0 Å². The summed E-state index contributed by atoms with van der Waals surface area (Å²) in [5, 5.41) is 9.72. The molecular weight excluding hydrogens is 298 g/mol. The number of piperidine rings is 1.